The molecule has 1 aromatic carbocycles. The van der Waals surface area contributed by atoms with Gasteiger partial charge >= 0.3 is 0 Å². The molecule has 1 aliphatic heterocycles. The summed E-state index contributed by atoms with van der Waals surface area (Å²) in [6.45, 7) is 1.40. The predicted octanol–water partition coefficient (Wildman–Crippen LogP) is 2.17. The maximum Gasteiger partial charge on any atom is 0.220 e. The molecule has 1 N–H and O–H groups in total. The molecule has 1 aromatic heterocycles. The molecule has 1 unspecified atom stereocenters. The van der Waals surface area contributed by atoms with Crippen molar-refractivity contribution >= 4 is 5.91 Å². The van der Waals surface area contributed by atoms with Crippen molar-refractivity contribution in [1.82, 2.24) is 15.3 Å². The van der Waals surface area contributed by atoms with Crippen LogP contribution in [-0.2, 0) is 17.6 Å². The molecule has 0 aliphatic carbocycles. The van der Waals surface area contributed by atoms with Crippen LogP contribution >= 0.6 is 0 Å². The summed E-state index contributed by atoms with van der Waals surface area (Å²) in [5.74, 6) is 1.46. The lowest BCUT2D eigenvalue weighted by molar-refractivity contribution is -0.121. The van der Waals surface area contributed by atoms with Crippen LogP contribution in [0.15, 0.2) is 42.9 Å². The van der Waals surface area contributed by atoms with Crippen molar-refractivity contribution in [2.24, 2.45) is 5.92 Å². The van der Waals surface area contributed by atoms with Gasteiger partial charge in [-0.3, -0.25) is 14.8 Å². The average Bonchev–Trinajstić information content (AvgIpc) is 2.81. The van der Waals surface area contributed by atoms with Crippen LogP contribution in [0.2, 0.25) is 0 Å². The van der Waals surface area contributed by atoms with Crippen LogP contribution < -0.4 is 10.1 Å². The monoisotopic (exact) mass is 311 g/mol. The molecule has 0 saturated carbocycles. The molecular weight excluding hydrogens is 290 g/mol. The Bertz CT molecular complexity index is 646. The van der Waals surface area contributed by atoms with Crippen LogP contribution in [0.1, 0.15) is 24.1 Å². The van der Waals surface area contributed by atoms with E-state index < -0.39 is 0 Å². The van der Waals surface area contributed by atoms with E-state index in [0.717, 1.165) is 24.3 Å². The number of nitrogens with one attached hydrogen (secondary N) is 1. The Morgan fingerprint density at radius 3 is 3.09 bits per heavy atom. The maximum atomic E-state index is 12.0. The lowest BCUT2D eigenvalue weighted by atomic mass is 9.97. The van der Waals surface area contributed by atoms with Crippen molar-refractivity contribution in [1.29, 1.82) is 0 Å². The number of aryl methyl sites for hydroxylation is 1. The fourth-order valence-electron chi connectivity index (χ4n) is 2.78. The van der Waals surface area contributed by atoms with Gasteiger partial charge in [-0.15, -0.1) is 0 Å². The number of carbonyl (C=O) groups is 1. The van der Waals surface area contributed by atoms with E-state index in [-0.39, 0.29) is 5.91 Å². The largest absolute Gasteiger partial charge is 0.493 e. The molecule has 0 saturated heterocycles. The summed E-state index contributed by atoms with van der Waals surface area (Å²) in [5, 5.41) is 3.04. The van der Waals surface area contributed by atoms with Crippen molar-refractivity contribution in [3.63, 3.8) is 0 Å². The number of hydrogen-bond donors (Lipinski definition) is 1. The first kappa shape index (κ1) is 15.5. The number of hydrogen-bond acceptors (Lipinski definition) is 4. The van der Waals surface area contributed by atoms with Gasteiger partial charge < -0.3 is 10.1 Å². The molecule has 0 fully saturated rings. The van der Waals surface area contributed by atoms with Crippen molar-refractivity contribution in [2.75, 3.05) is 13.2 Å². The van der Waals surface area contributed by atoms with Gasteiger partial charge in [0, 0.05) is 31.6 Å². The molecule has 0 radical (unpaired) electrons. The smallest absolute Gasteiger partial charge is 0.220 e. The summed E-state index contributed by atoms with van der Waals surface area (Å²) in [5.41, 5.74) is 2.07. The van der Waals surface area contributed by atoms with Crippen LogP contribution in [0, 0.1) is 5.92 Å². The Morgan fingerprint density at radius 1 is 1.30 bits per heavy atom. The van der Waals surface area contributed by atoms with Gasteiger partial charge in [-0.25, -0.2) is 0 Å². The van der Waals surface area contributed by atoms with Gasteiger partial charge in [-0.2, -0.15) is 0 Å². The number of ether oxygens (including phenoxy) is 1. The highest BCUT2D eigenvalue weighted by Crippen LogP contribution is 2.26. The SMILES string of the molecule is O=C(CCc1cnccn1)NCC1CCOc2ccccc2C1. The molecule has 23 heavy (non-hydrogen) atoms. The lowest BCUT2D eigenvalue weighted by Crippen LogP contribution is -2.30. The van der Waals surface area contributed by atoms with Crippen molar-refractivity contribution in [3.05, 3.63) is 54.1 Å². The zero-order chi connectivity index (χ0) is 15.9. The highest BCUT2D eigenvalue weighted by Gasteiger charge is 2.17. The summed E-state index contributed by atoms with van der Waals surface area (Å²) in [4.78, 5) is 20.2. The average molecular weight is 311 g/mol. The van der Waals surface area contributed by atoms with E-state index >= 15 is 0 Å². The molecule has 1 atom stereocenters. The molecule has 2 heterocycles. The first-order valence-electron chi connectivity index (χ1n) is 8.03. The van der Waals surface area contributed by atoms with Gasteiger partial charge in [-0.1, -0.05) is 18.2 Å². The molecule has 5 heteroatoms. The minimum absolute atomic E-state index is 0.0640. The number of nitrogens with zero attached hydrogens (tertiary/aromatic N) is 2. The van der Waals surface area contributed by atoms with Gasteiger partial charge in [0.2, 0.25) is 5.91 Å². The highest BCUT2D eigenvalue weighted by atomic mass is 16.5. The number of amides is 1. The van der Waals surface area contributed by atoms with Gasteiger partial charge in [0.1, 0.15) is 5.75 Å². The third kappa shape index (κ3) is 4.52. The van der Waals surface area contributed by atoms with Crippen LogP contribution in [-0.4, -0.2) is 29.0 Å². The molecule has 1 aliphatic rings. The van der Waals surface area contributed by atoms with Crippen LogP contribution in [0.5, 0.6) is 5.75 Å². The number of aromatic nitrogens is 2. The third-order valence-corrected chi connectivity index (χ3v) is 4.08. The fraction of sp³-hybridized carbons (Fsp3) is 0.389. The lowest BCUT2D eigenvalue weighted by Gasteiger charge is -2.14. The zero-order valence-corrected chi connectivity index (χ0v) is 13.1. The second kappa shape index (κ2) is 7.72. The second-order valence-corrected chi connectivity index (χ2v) is 5.82. The number of carbonyl (C=O) groups excluding carboxylic acids is 1. The van der Waals surface area contributed by atoms with Crippen molar-refractivity contribution < 1.29 is 9.53 Å². The first-order chi connectivity index (χ1) is 11.3. The maximum absolute atomic E-state index is 12.0. The predicted molar refractivity (Wildman–Crippen MR) is 87.1 cm³/mol. The first-order valence-corrected chi connectivity index (χ1v) is 8.03. The van der Waals surface area contributed by atoms with Crippen LogP contribution in [0.25, 0.3) is 0 Å². The van der Waals surface area contributed by atoms with E-state index in [9.17, 15) is 4.79 Å². The Labute approximate surface area is 136 Å². The Hall–Kier alpha value is -2.43. The standard InChI is InChI=1S/C18H21N3O2/c22-18(6-5-16-13-19-8-9-20-16)21-12-14-7-10-23-17-4-2-1-3-15(17)11-14/h1-4,8-9,13-14H,5-7,10-12H2,(H,21,22). The van der Waals surface area contributed by atoms with E-state index in [1.165, 1.54) is 5.56 Å². The number of fused-ring (bicyclic) bond motifs is 1. The normalized spacial score (nSPS) is 16.8. The number of para-hydroxylation sites is 1. The molecule has 2 aromatic rings. The van der Waals surface area contributed by atoms with Gasteiger partial charge in [0.05, 0.1) is 12.3 Å². The van der Waals surface area contributed by atoms with E-state index in [1.54, 1.807) is 18.6 Å². The van der Waals surface area contributed by atoms with Crippen LogP contribution in [0.4, 0.5) is 0 Å². The summed E-state index contributed by atoms with van der Waals surface area (Å²) in [6.07, 6.45) is 7.95. The van der Waals surface area contributed by atoms with E-state index in [0.29, 0.717) is 31.9 Å². The summed E-state index contributed by atoms with van der Waals surface area (Å²) in [7, 11) is 0. The molecule has 0 spiro atoms. The Balaban J connectivity index is 1.45. The Kier molecular flexibility index (Phi) is 5.19. The van der Waals surface area contributed by atoms with Gasteiger partial charge in [0.25, 0.3) is 0 Å². The van der Waals surface area contributed by atoms with E-state index in [4.69, 9.17) is 4.74 Å². The topological polar surface area (TPSA) is 64.1 Å². The highest BCUT2D eigenvalue weighted by molar-refractivity contribution is 5.76. The van der Waals surface area contributed by atoms with Crippen molar-refractivity contribution in [2.45, 2.75) is 25.7 Å². The van der Waals surface area contributed by atoms with Gasteiger partial charge in [-0.05, 0) is 36.8 Å². The molecule has 1 amide bonds. The fourth-order valence-corrected chi connectivity index (χ4v) is 2.78. The van der Waals surface area contributed by atoms with E-state index in [1.807, 2.05) is 18.2 Å². The summed E-state index contributed by atoms with van der Waals surface area (Å²) in [6, 6.07) is 8.14. The van der Waals surface area contributed by atoms with E-state index in [2.05, 4.69) is 21.4 Å². The second-order valence-electron chi connectivity index (χ2n) is 5.82. The summed E-state index contributed by atoms with van der Waals surface area (Å²) < 4.78 is 5.76. The minimum atomic E-state index is 0.0640. The number of benzene rings is 1. The molecule has 5 nitrogen and oxygen atoms in total. The summed E-state index contributed by atoms with van der Waals surface area (Å²) >= 11 is 0. The van der Waals surface area contributed by atoms with Crippen molar-refractivity contribution in [3.8, 4) is 5.75 Å². The van der Waals surface area contributed by atoms with Gasteiger partial charge in [0.15, 0.2) is 0 Å². The van der Waals surface area contributed by atoms with Crippen LogP contribution in [0.3, 0.4) is 0 Å². The third-order valence-electron chi connectivity index (χ3n) is 4.08. The zero-order valence-electron chi connectivity index (χ0n) is 13.1. The quantitative estimate of drug-likeness (QED) is 0.919. The number of rotatable bonds is 5. The minimum Gasteiger partial charge on any atom is -0.493 e. The molecule has 0 bridgehead atoms. The molecule has 120 valence electrons. The molecular formula is C18H21N3O2. The molecule has 3 rings (SSSR count). The Morgan fingerprint density at radius 2 is 2.22 bits per heavy atom.